The number of carbonyl (C=O) groups is 1. The highest BCUT2D eigenvalue weighted by Crippen LogP contribution is 2.28. The summed E-state index contributed by atoms with van der Waals surface area (Å²) in [6.07, 6.45) is 5.39. The summed E-state index contributed by atoms with van der Waals surface area (Å²) in [5, 5.41) is 3.30. The molecule has 0 radical (unpaired) electrons. The van der Waals surface area contributed by atoms with E-state index < -0.39 is 0 Å². The van der Waals surface area contributed by atoms with Crippen LogP contribution in [0.5, 0.6) is 0 Å². The maximum Gasteiger partial charge on any atom is 0.254 e. The Kier molecular flexibility index (Phi) is 6.30. The summed E-state index contributed by atoms with van der Waals surface area (Å²) in [6, 6.07) is 7.99. The maximum atomic E-state index is 12.8. The van der Waals surface area contributed by atoms with Gasteiger partial charge in [0.2, 0.25) is 5.91 Å². The molecule has 0 aromatic carbocycles. The Hall–Kier alpha value is -3.55. The molecule has 1 saturated heterocycles. The number of pyridine rings is 2. The Morgan fingerprint density at radius 3 is 2.59 bits per heavy atom. The van der Waals surface area contributed by atoms with Gasteiger partial charge in [-0.25, -0.2) is 9.97 Å². The van der Waals surface area contributed by atoms with Gasteiger partial charge in [0.05, 0.1) is 18.3 Å². The van der Waals surface area contributed by atoms with Crippen molar-refractivity contribution in [3.63, 3.8) is 0 Å². The molecule has 0 aliphatic carbocycles. The lowest BCUT2D eigenvalue weighted by Crippen LogP contribution is -2.40. The van der Waals surface area contributed by atoms with Gasteiger partial charge in [0.15, 0.2) is 0 Å². The molecule has 32 heavy (non-hydrogen) atoms. The van der Waals surface area contributed by atoms with Crippen LogP contribution in [0.15, 0.2) is 41.5 Å². The third kappa shape index (κ3) is 4.85. The zero-order valence-corrected chi connectivity index (χ0v) is 18.7. The van der Waals surface area contributed by atoms with Gasteiger partial charge in [-0.3, -0.25) is 14.6 Å². The Labute approximate surface area is 187 Å². The minimum Gasteiger partial charge on any atom is -0.342 e. The summed E-state index contributed by atoms with van der Waals surface area (Å²) in [7, 11) is 0. The minimum absolute atomic E-state index is 0.0269. The lowest BCUT2D eigenvalue weighted by molar-refractivity contribution is -0.131. The molecule has 166 valence electrons. The van der Waals surface area contributed by atoms with Gasteiger partial charge < -0.3 is 15.2 Å². The molecule has 4 rings (SSSR count). The predicted molar refractivity (Wildman–Crippen MR) is 123 cm³/mol. The second-order valence-electron chi connectivity index (χ2n) is 8.31. The summed E-state index contributed by atoms with van der Waals surface area (Å²) in [4.78, 5) is 42.8. The molecule has 3 aromatic rings. The molecule has 8 nitrogen and oxygen atoms in total. The number of aromatic nitrogens is 4. The van der Waals surface area contributed by atoms with Crippen LogP contribution >= 0.6 is 0 Å². The number of amides is 1. The van der Waals surface area contributed by atoms with E-state index in [0.717, 1.165) is 35.6 Å². The highest BCUT2D eigenvalue weighted by atomic mass is 16.2. The monoisotopic (exact) mass is 432 g/mol. The fourth-order valence-electron chi connectivity index (χ4n) is 4.12. The largest absolute Gasteiger partial charge is 0.342 e. The molecule has 0 atom stereocenters. The normalized spacial score (nSPS) is 14.4. The molecule has 4 heterocycles. The molecule has 2 N–H and O–H groups in total. The topological polar surface area (TPSA) is 104 Å². The number of nitrogens with zero attached hydrogens (tertiary/aromatic N) is 4. The van der Waals surface area contributed by atoms with Crippen LogP contribution in [0.1, 0.15) is 47.1 Å². The highest BCUT2D eigenvalue weighted by molar-refractivity contribution is 5.79. The van der Waals surface area contributed by atoms with Crippen molar-refractivity contribution in [1.29, 1.82) is 0 Å². The Morgan fingerprint density at radius 2 is 1.94 bits per heavy atom. The van der Waals surface area contributed by atoms with E-state index in [9.17, 15) is 9.59 Å². The molecule has 8 heteroatoms. The molecule has 0 saturated carbocycles. The third-order valence-electron chi connectivity index (χ3n) is 5.99. The fourth-order valence-corrected chi connectivity index (χ4v) is 4.12. The molecular formula is C24H28N6O2. The van der Waals surface area contributed by atoms with Crippen molar-refractivity contribution in [1.82, 2.24) is 24.8 Å². The average molecular weight is 433 g/mol. The molecule has 1 aliphatic rings. The van der Waals surface area contributed by atoms with Crippen LogP contribution in [-0.4, -0.2) is 43.8 Å². The summed E-state index contributed by atoms with van der Waals surface area (Å²) >= 11 is 0. The Balaban J connectivity index is 1.34. The first-order chi connectivity index (χ1) is 15.4. The van der Waals surface area contributed by atoms with Crippen LogP contribution in [-0.2, 0) is 11.2 Å². The second kappa shape index (κ2) is 9.30. The first kappa shape index (κ1) is 21.7. The minimum atomic E-state index is -0.225. The van der Waals surface area contributed by atoms with Crippen molar-refractivity contribution in [3.05, 3.63) is 75.4 Å². The van der Waals surface area contributed by atoms with Crippen LogP contribution in [0.25, 0.3) is 0 Å². The highest BCUT2D eigenvalue weighted by Gasteiger charge is 2.25. The van der Waals surface area contributed by atoms with Gasteiger partial charge in [-0.1, -0.05) is 6.07 Å². The molecule has 0 unspecified atom stereocenters. The summed E-state index contributed by atoms with van der Waals surface area (Å²) in [5.41, 5.74) is 3.86. The van der Waals surface area contributed by atoms with Gasteiger partial charge >= 0.3 is 0 Å². The number of piperidine rings is 1. The maximum absolute atomic E-state index is 12.8. The number of hydrogen-bond acceptors (Lipinski definition) is 6. The van der Waals surface area contributed by atoms with E-state index in [1.807, 2.05) is 42.3 Å². The molecule has 1 aliphatic heterocycles. The van der Waals surface area contributed by atoms with E-state index >= 15 is 0 Å². The van der Waals surface area contributed by atoms with Crippen molar-refractivity contribution in [3.8, 4) is 0 Å². The van der Waals surface area contributed by atoms with Crippen molar-refractivity contribution >= 4 is 17.4 Å². The summed E-state index contributed by atoms with van der Waals surface area (Å²) < 4.78 is 0. The molecule has 3 aromatic heterocycles. The van der Waals surface area contributed by atoms with Gasteiger partial charge in [-0.2, -0.15) is 0 Å². The lowest BCUT2D eigenvalue weighted by atomic mass is 9.92. The third-order valence-corrected chi connectivity index (χ3v) is 5.99. The van der Waals surface area contributed by atoms with Crippen LogP contribution in [0.4, 0.5) is 11.5 Å². The van der Waals surface area contributed by atoms with Gasteiger partial charge in [-0.15, -0.1) is 0 Å². The quantitative estimate of drug-likeness (QED) is 0.642. The zero-order valence-electron chi connectivity index (χ0n) is 18.7. The van der Waals surface area contributed by atoms with Gasteiger partial charge in [0.1, 0.15) is 11.6 Å². The van der Waals surface area contributed by atoms with Crippen LogP contribution in [0, 0.1) is 20.8 Å². The number of likely N-dealkylation sites (tertiary alicyclic amines) is 1. The van der Waals surface area contributed by atoms with Crippen molar-refractivity contribution in [2.45, 2.75) is 46.0 Å². The second-order valence-corrected chi connectivity index (χ2v) is 8.31. The van der Waals surface area contributed by atoms with E-state index in [1.165, 1.54) is 0 Å². The molecule has 0 bridgehead atoms. The number of nitrogens with one attached hydrogen (secondary N) is 2. The molecule has 0 spiro atoms. The van der Waals surface area contributed by atoms with E-state index in [4.69, 9.17) is 0 Å². The number of hydrogen-bond donors (Lipinski definition) is 2. The van der Waals surface area contributed by atoms with Gasteiger partial charge in [-0.05, 0) is 57.4 Å². The number of carbonyl (C=O) groups excluding carboxylic acids is 1. The van der Waals surface area contributed by atoms with Crippen LogP contribution in [0.3, 0.4) is 0 Å². The number of H-pyrrole nitrogens is 1. The van der Waals surface area contributed by atoms with E-state index in [-0.39, 0.29) is 17.9 Å². The van der Waals surface area contributed by atoms with E-state index in [2.05, 4.69) is 25.3 Å². The van der Waals surface area contributed by atoms with E-state index in [0.29, 0.717) is 36.1 Å². The lowest BCUT2D eigenvalue weighted by Gasteiger charge is -2.32. The average Bonchev–Trinajstić information content (AvgIpc) is 2.78. The molecule has 1 amide bonds. The first-order valence-electron chi connectivity index (χ1n) is 10.9. The number of anilines is 2. The summed E-state index contributed by atoms with van der Waals surface area (Å²) in [6.45, 7) is 6.85. The van der Waals surface area contributed by atoms with E-state index in [1.54, 1.807) is 20.0 Å². The van der Waals surface area contributed by atoms with Crippen molar-refractivity contribution in [2.24, 2.45) is 0 Å². The predicted octanol–water partition coefficient (Wildman–Crippen LogP) is 3.18. The van der Waals surface area contributed by atoms with Gasteiger partial charge in [0, 0.05) is 42.2 Å². The van der Waals surface area contributed by atoms with Crippen molar-refractivity contribution < 1.29 is 4.79 Å². The zero-order chi connectivity index (χ0) is 22.7. The van der Waals surface area contributed by atoms with Crippen molar-refractivity contribution in [2.75, 3.05) is 18.4 Å². The number of aryl methyl sites for hydroxylation is 3. The van der Waals surface area contributed by atoms with Gasteiger partial charge in [0.25, 0.3) is 5.56 Å². The number of aromatic amines is 1. The number of rotatable bonds is 5. The Morgan fingerprint density at radius 1 is 1.16 bits per heavy atom. The smallest absolute Gasteiger partial charge is 0.254 e. The van der Waals surface area contributed by atoms with Crippen LogP contribution in [0.2, 0.25) is 0 Å². The Bertz CT molecular complexity index is 1160. The summed E-state index contributed by atoms with van der Waals surface area (Å²) in [5.74, 6) is 1.68. The SMILES string of the molecule is Cc1nc(C)c(CC(=O)N2CCC(c3ccc(Nc4ncccc4C)cn3)CC2)c(=O)[nH]1. The van der Waals surface area contributed by atoms with Crippen LogP contribution < -0.4 is 10.9 Å². The standard InChI is InChI=1S/C24H28N6O2/c1-15-5-4-10-25-23(15)29-19-6-7-21(26-14-19)18-8-11-30(12-9-18)22(31)13-20-16(2)27-17(3)28-24(20)32/h4-7,10,14,18H,8-9,11-13H2,1-3H3,(H,25,29)(H,27,28,32). The molecule has 1 fully saturated rings. The first-order valence-corrected chi connectivity index (χ1v) is 10.9. The fraction of sp³-hybridized carbons (Fsp3) is 0.375. The molecular weight excluding hydrogens is 404 g/mol.